The molecule has 3 rings (SSSR count). The van der Waals surface area contributed by atoms with E-state index in [1.54, 1.807) is 13.0 Å². The molecule has 0 spiro atoms. The van der Waals surface area contributed by atoms with E-state index >= 15 is 0 Å². The molecule has 5 heteroatoms. The number of aromatic nitrogens is 1. The minimum Gasteiger partial charge on any atom is -0.358 e. The molecule has 2 nitrogen and oxygen atoms in total. The molecule has 1 aromatic heterocycles. The van der Waals surface area contributed by atoms with Crippen LogP contribution in [0.15, 0.2) is 65.1 Å². The van der Waals surface area contributed by atoms with Gasteiger partial charge in [-0.25, -0.2) is 8.78 Å². The monoisotopic (exact) mass is 498 g/mol. The standard InChI is InChI=1S/C21H23ClFN.C9H14FN/c1-4-5-6-16-19-18(12-11-17(22)20(19)23)24-21(16)14(3)15-9-7-13(2)8-10-15;1-4-6-8(3)11-7-9(10)5-2/h7-12,14,24H,4-6H2,1-3H3;5-7H,4H2,1-3H3/b;8-6+,9-5+,11-7+. The molecule has 0 aliphatic rings. The highest BCUT2D eigenvalue weighted by Gasteiger charge is 2.21. The molecule has 0 saturated carbocycles. The first-order chi connectivity index (χ1) is 16.7. The Labute approximate surface area is 213 Å². The predicted octanol–water partition coefficient (Wildman–Crippen LogP) is 10.0. The molecule has 0 fully saturated rings. The van der Waals surface area contributed by atoms with Crippen molar-refractivity contribution in [2.75, 3.05) is 0 Å². The van der Waals surface area contributed by atoms with Gasteiger partial charge in [0.05, 0.1) is 11.2 Å². The predicted molar refractivity (Wildman–Crippen MR) is 148 cm³/mol. The second-order valence-electron chi connectivity index (χ2n) is 8.72. The number of aryl methyl sites for hydroxylation is 2. The van der Waals surface area contributed by atoms with Gasteiger partial charge in [0.1, 0.15) is 5.83 Å². The van der Waals surface area contributed by atoms with Gasteiger partial charge in [-0.05, 0) is 63.3 Å². The van der Waals surface area contributed by atoms with Gasteiger partial charge in [-0.1, -0.05) is 80.8 Å². The Balaban J connectivity index is 0.000000334. The smallest absolute Gasteiger partial charge is 0.151 e. The van der Waals surface area contributed by atoms with Gasteiger partial charge in [-0.2, -0.15) is 0 Å². The number of rotatable bonds is 8. The molecule has 1 heterocycles. The lowest BCUT2D eigenvalue weighted by Gasteiger charge is -2.14. The van der Waals surface area contributed by atoms with Crippen LogP contribution in [0.2, 0.25) is 5.02 Å². The average molecular weight is 499 g/mol. The first-order valence-electron chi connectivity index (χ1n) is 12.3. The summed E-state index contributed by atoms with van der Waals surface area (Å²) in [6.07, 6.45) is 8.45. The largest absolute Gasteiger partial charge is 0.358 e. The summed E-state index contributed by atoms with van der Waals surface area (Å²) < 4.78 is 27.1. The number of nitrogens with one attached hydrogen (secondary N) is 1. The number of aliphatic imine (C=N–C) groups is 1. The maximum atomic E-state index is 14.7. The average Bonchev–Trinajstić information content (AvgIpc) is 3.23. The molecular weight excluding hydrogens is 462 g/mol. The minimum atomic E-state index is -0.307. The number of H-pyrrole nitrogens is 1. The summed E-state index contributed by atoms with van der Waals surface area (Å²) in [6.45, 7) is 11.9. The van der Waals surface area contributed by atoms with E-state index in [9.17, 15) is 8.78 Å². The third kappa shape index (κ3) is 7.90. The molecule has 188 valence electrons. The Morgan fingerprint density at radius 1 is 1.14 bits per heavy atom. The van der Waals surface area contributed by atoms with Crippen molar-refractivity contribution in [2.45, 2.75) is 73.1 Å². The summed E-state index contributed by atoms with van der Waals surface area (Å²) in [6, 6.07) is 12.0. The Hall–Kier alpha value is -2.72. The minimum absolute atomic E-state index is 0.183. The van der Waals surface area contributed by atoms with Crippen molar-refractivity contribution in [1.82, 2.24) is 4.98 Å². The van der Waals surface area contributed by atoms with E-state index in [4.69, 9.17) is 11.6 Å². The first kappa shape index (κ1) is 28.5. The van der Waals surface area contributed by atoms with E-state index in [0.717, 1.165) is 48.2 Å². The lowest BCUT2D eigenvalue weighted by Crippen LogP contribution is -2.01. The van der Waals surface area contributed by atoms with Crippen molar-refractivity contribution in [3.05, 3.63) is 93.3 Å². The number of halogens is 3. The fraction of sp³-hybridized carbons (Fsp3) is 0.367. The van der Waals surface area contributed by atoms with Gasteiger partial charge in [0.25, 0.3) is 0 Å². The molecule has 2 aromatic carbocycles. The number of hydrogen-bond acceptors (Lipinski definition) is 1. The Morgan fingerprint density at radius 2 is 1.83 bits per heavy atom. The van der Waals surface area contributed by atoms with Crippen LogP contribution in [0, 0.1) is 12.7 Å². The molecular formula is C30H37ClF2N2. The summed E-state index contributed by atoms with van der Waals surface area (Å²) in [5.41, 5.74) is 6.33. The van der Waals surface area contributed by atoms with Gasteiger partial charge in [-0.15, -0.1) is 0 Å². The summed E-state index contributed by atoms with van der Waals surface area (Å²) in [4.78, 5) is 7.33. The van der Waals surface area contributed by atoms with Crippen LogP contribution in [0.1, 0.15) is 82.2 Å². The zero-order valence-electron chi connectivity index (χ0n) is 21.7. The van der Waals surface area contributed by atoms with Gasteiger partial charge in [-0.3, -0.25) is 4.99 Å². The van der Waals surface area contributed by atoms with Crippen LogP contribution in [-0.2, 0) is 6.42 Å². The van der Waals surface area contributed by atoms with Crippen LogP contribution in [0.4, 0.5) is 8.78 Å². The van der Waals surface area contributed by atoms with Crippen molar-refractivity contribution in [3.63, 3.8) is 0 Å². The number of hydrogen-bond donors (Lipinski definition) is 1. The highest BCUT2D eigenvalue weighted by molar-refractivity contribution is 6.31. The van der Waals surface area contributed by atoms with Crippen molar-refractivity contribution in [2.24, 2.45) is 4.99 Å². The normalized spacial score (nSPS) is 13.3. The third-order valence-electron chi connectivity index (χ3n) is 5.95. The lowest BCUT2D eigenvalue weighted by atomic mass is 9.92. The van der Waals surface area contributed by atoms with Gasteiger partial charge in [0.15, 0.2) is 5.82 Å². The molecule has 1 atom stereocenters. The molecule has 0 saturated heterocycles. The zero-order chi connectivity index (χ0) is 26.0. The molecule has 0 radical (unpaired) electrons. The van der Waals surface area contributed by atoms with Gasteiger partial charge < -0.3 is 4.98 Å². The van der Waals surface area contributed by atoms with E-state index in [1.165, 1.54) is 23.4 Å². The Kier molecular flexibility index (Phi) is 11.4. The number of fused-ring (bicyclic) bond motifs is 1. The van der Waals surface area contributed by atoms with Crippen molar-refractivity contribution in [1.29, 1.82) is 0 Å². The first-order valence-corrected chi connectivity index (χ1v) is 12.7. The molecule has 1 unspecified atom stereocenters. The zero-order valence-corrected chi connectivity index (χ0v) is 22.4. The molecule has 1 N–H and O–H groups in total. The molecule has 0 aliphatic heterocycles. The third-order valence-corrected chi connectivity index (χ3v) is 6.24. The van der Waals surface area contributed by atoms with Crippen LogP contribution in [0.3, 0.4) is 0 Å². The van der Waals surface area contributed by atoms with E-state index < -0.39 is 0 Å². The lowest BCUT2D eigenvalue weighted by molar-refractivity contribution is 0.638. The fourth-order valence-corrected chi connectivity index (χ4v) is 4.05. The van der Waals surface area contributed by atoms with Crippen LogP contribution in [0.5, 0.6) is 0 Å². The number of nitrogens with zero attached hydrogens (tertiary/aromatic N) is 1. The fourth-order valence-electron chi connectivity index (χ4n) is 3.90. The molecule has 3 aromatic rings. The molecule has 0 amide bonds. The summed E-state index contributed by atoms with van der Waals surface area (Å²) in [5.74, 6) is -0.421. The number of unbranched alkanes of at least 4 members (excludes halogenated alkanes) is 1. The summed E-state index contributed by atoms with van der Waals surface area (Å²) >= 11 is 6.03. The van der Waals surface area contributed by atoms with Crippen LogP contribution < -0.4 is 0 Å². The SMILES string of the molecule is CCCCc1c(C(C)c2ccc(C)cc2)[nH]c2ccc(Cl)c(F)c12.C\C=C(F)/C=N/C(C)=C/CC. The van der Waals surface area contributed by atoms with E-state index in [2.05, 4.69) is 55.0 Å². The molecule has 35 heavy (non-hydrogen) atoms. The number of aromatic amines is 1. The van der Waals surface area contributed by atoms with Crippen molar-refractivity contribution < 1.29 is 8.78 Å². The molecule has 0 bridgehead atoms. The molecule has 0 aliphatic carbocycles. The number of benzene rings is 2. The second kappa shape index (κ2) is 14.0. The second-order valence-corrected chi connectivity index (χ2v) is 9.13. The Bertz CT molecular complexity index is 1190. The van der Waals surface area contributed by atoms with Crippen LogP contribution in [0.25, 0.3) is 10.9 Å². The summed E-state index contributed by atoms with van der Waals surface area (Å²) in [5, 5.41) is 0.846. The highest BCUT2D eigenvalue weighted by Crippen LogP contribution is 2.36. The van der Waals surface area contributed by atoms with Gasteiger partial charge >= 0.3 is 0 Å². The maximum absolute atomic E-state index is 14.7. The van der Waals surface area contributed by atoms with Gasteiger partial charge in [0, 0.05) is 28.2 Å². The van der Waals surface area contributed by atoms with Crippen LogP contribution >= 0.6 is 11.6 Å². The van der Waals surface area contributed by atoms with Crippen molar-refractivity contribution in [3.8, 4) is 0 Å². The summed E-state index contributed by atoms with van der Waals surface area (Å²) in [7, 11) is 0. The van der Waals surface area contributed by atoms with Crippen LogP contribution in [-0.4, -0.2) is 11.2 Å². The quantitative estimate of drug-likeness (QED) is 0.299. The van der Waals surface area contributed by atoms with E-state index in [-0.39, 0.29) is 22.6 Å². The highest BCUT2D eigenvalue weighted by atomic mass is 35.5. The maximum Gasteiger partial charge on any atom is 0.151 e. The van der Waals surface area contributed by atoms with E-state index in [0.29, 0.717) is 5.39 Å². The van der Waals surface area contributed by atoms with Gasteiger partial charge in [0.2, 0.25) is 0 Å². The van der Waals surface area contributed by atoms with E-state index in [1.807, 2.05) is 26.0 Å². The van der Waals surface area contributed by atoms with Crippen molar-refractivity contribution >= 4 is 28.7 Å². The number of allylic oxidation sites excluding steroid dienone is 4. The Morgan fingerprint density at radius 3 is 2.43 bits per heavy atom. The topological polar surface area (TPSA) is 28.1 Å².